The standard InChI is InChI=1S/C25H34FN7O4/c1-13-16-10-15(8-9-20(16)33(6)32-13)29-22-17(21(27)34)11-18(26)23(31-22)30-19(12-36-7)14(2)28-24(35)37-25(3,4)5/h8-11,14,19H,12H2,1-7H3,(H2,27,34)(H,28,35)(H2,29,30,31)/t14-,19+/m0/s1. The number of pyridine rings is 1. The van der Waals surface area contributed by atoms with Crippen molar-refractivity contribution < 1.29 is 23.5 Å². The number of nitrogens with two attached hydrogens (primary N) is 1. The number of hydrogen-bond acceptors (Lipinski definition) is 8. The Bertz CT molecular complexity index is 1300. The van der Waals surface area contributed by atoms with Crippen LogP contribution in [0.3, 0.4) is 0 Å². The molecule has 0 fully saturated rings. The second kappa shape index (κ2) is 11.0. The number of amides is 2. The number of aryl methyl sites for hydroxylation is 2. The van der Waals surface area contributed by atoms with Gasteiger partial charge in [0.15, 0.2) is 11.6 Å². The zero-order valence-corrected chi connectivity index (χ0v) is 22.1. The summed E-state index contributed by atoms with van der Waals surface area (Å²) in [6.45, 7) is 8.99. The summed E-state index contributed by atoms with van der Waals surface area (Å²) in [6, 6.07) is 5.45. The van der Waals surface area contributed by atoms with Crippen LogP contribution in [0, 0.1) is 12.7 Å². The number of anilines is 3. The Morgan fingerprint density at radius 1 is 1.22 bits per heavy atom. The van der Waals surface area contributed by atoms with Crippen molar-refractivity contribution in [2.24, 2.45) is 12.8 Å². The first-order valence-corrected chi connectivity index (χ1v) is 11.7. The number of carbonyl (C=O) groups excluding carboxylic acids is 2. The van der Waals surface area contributed by atoms with E-state index in [0.717, 1.165) is 22.7 Å². The van der Waals surface area contributed by atoms with Gasteiger partial charge >= 0.3 is 6.09 Å². The van der Waals surface area contributed by atoms with Crippen LogP contribution in [0.15, 0.2) is 24.3 Å². The minimum Gasteiger partial charge on any atom is -0.444 e. The third kappa shape index (κ3) is 6.85. The summed E-state index contributed by atoms with van der Waals surface area (Å²) >= 11 is 0. The molecule has 1 aromatic carbocycles. The fourth-order valence-corrected chi connectivity index (χ4v) is 3.79. The van der Waals surface area contributed by atoms with Gasteiger partial charge in [0.2, 0.25) is 0 Å². The highest BCUT2D eigenvalue weighted by Gasteiger charge is 2.25. The first-order chi connectivity index (χ1) is 17.3. The number of carbonyl (C=O) groups is 2. The van der Waals surface area contributed by atoms with Crippen LogP contribution in [0.1, 0.15) is 43.7 Å². The number of hydrogen-bond donors (Lipinski definition) is 4. The van der Waals surface area contributed by atoms with Crippen molar-refractivity contribution in [3.05, 3.63) is 41.3 Å². The highest BCUT2D eigenvalue weighted by atomic mass is 19.1. The van der Waals surface area contributed by atoms with Gasteiger partial charge < -0.3 is 31.2 Å². The number of fused-ring (bicyclic) bond motifs is 1. The molecule has 0 spiro atoms. The molecule has 0 saturated heterocycles. The molecule has 2 amide bonds. The molecule has 37 heavy (non-hydrogen) atoms. The fourth-order valence-electron chi connectivity index (χ4n) is 3.79. The normalized spacial score (nSPS) is 13.2. The molecule has 5 N–H and O–H groups in total. The van der Waals surface area contributed by atoms with Crippen molar-refractivity contribution in [1.82, 2.24) is 20.1 Å². The third-order valence-electron chi connectivity index (χ3n) is 5.56. The zero-order valence-electron chi connectivity index (χ0n) is 22.1. The van der Waals surface area contributed by atoms with Gasteiger partial charge in [-0.2, -0.15) is 5.10 Å². The lowest BCUT2D eigenvalue weighted by atomic mass is 10.1. The number of primary amides is 1. The maximum absolute atomic E-state index is 15.0. The second-order valence-corrected chi connectivity index (χ2v) is 9.79. The number of ether oxygens (including phenoxy) is 2. The average Bonchev–Trinajstić information content (AvgIpc) is 3.06. The summed E-state index contributed by atoms with van der Waals surface area (Å²) in [5.41, 5.74) is 7.09. The molecule has 0 aliphatic rings. The predicted molar refractivity (Wildman–Crippen MR) is 140 cm³/mol. The molecule has 0 saturated carbocycles. The predicted octanol–water partition coefficient (Wildman–Crippen LogP) is 3.60. The van der Waals surface area contributed by atoms with Gasteiger partial charge in [-0.15, -0.1) is 0 Å². The van der Waals surface area contributed by atoms with Crippen LogP contribution in [-0.2, 0) is 16.5 Å². The van der Waals surface area contributed by atoms with Crippen LogP contribution in [0.2, 0.25) is 0 Å². The molecule has 0 aliphatic heterocycles. The first-order valence-electron chi connectivity index (χ1n) is 11.7. The Morgan fingerprint density at radius 2 is 1.92 bits per heavy atom. The minimum atomic E-state index is -0.840. The number of halogens is 1. The van der Waals surface area contributed by atoms with E-state index in [0.29, 0.717) is 5.69 Å². The van der Waals surface area contributed by atoms with Crippen molar-refractivity contribution >= 4 is 40.2 Å². The van der Waals surface area contributed by atoms with E-state index < -0.39 is 35.5 Å². The maximum atomic E-state index is 15.0. The summed E-state index contributed by atoms with van der Waals surface area (Å²) < 4.78 is 27.3. The number of alkyl carbamates (subject to hydrolysis) is 1. The van der Waals surface area contributed by atoms with Crippen molar-refractivity contribution in [2.75, 3.05) is 24.4 Å². The molecule has 200 valence electrons. The Kier molecular flexibility index (Phi) is 8.22. The largest absolute Gasteiger partial charge is 0.444 e. The van der Waals surface area contributed by atoms with Crippen LogP contribution < -0.4 is 21.7 Å². The molecule has 2 heterocycles. The minimum absolute atomic E-state index is 0.0706. The number of benzene rings is 1. The molecular weight excluding hydrogens is 481 g/mol. The number of nitrogens with zero attached hydrogens (tertiary/aromatic N) is 3. The average molecular weight is 516 g/mol. The second-order valence-electron chi connectivity index (χ2n) is 9.79. The topological polar surface area (TPSA) is 145 Å². The van der Waals surface area contributed by atoms with Crippen LogP contribution in [0.4, 0.5) is 26.5 Å². The van der Waals surface area contributed by atoms with Gasteiger partial charge in [0.25, 0.3) is 5.91 Å². The van der Waals surface area contributed by atoms with Gasteiger partial charge in [-0.1, -0.05) is 0 Å². The van der Waals surface area contributed by atoms with Gasteiger partial charge in [-0.25, -0.2) is 14.2 Å². The van der Waals surface area contributed by atoms with Crippen molar-refractivity contribution in [2.45, 2.75) is 52.3 Å². The zero-order chi connectivity index (χ0) is 27.5. The number of nitrogens with one attached hydrogen (secondary N) is 3. The van der Waals surface area contributed by atoms with Crippen LogP contribution >= 0.6 is 0 Å². The van der Waals surface area contributed by atoms with Crippen molar-refractivity contribution in [1.29, 1.82) is 0 Å². The lowest BCUT2D eigenvalue weighted by Gasteiger charge is -2.28. The van der Waals surface area contributed by atoms with E-state index in [9.17, 15) is 9.59 Å². The summed E-state index contributed by atoms with van der Waals surface area (Å²) in [5.74, 6) is -1.71. The van der Waals surface area contributed by atoms with Gasteiger partial charge in [0.1, 0.15) is 11.4 Å². The maximum Gasteiger partial charge on any atom is 0.407 e. The molecule has 12 heteroatoms. The van der Waals surface area contributed by atoms with E-state index in [1.54, 1.807) is 38.4 Å². The van der Waals surface area contributed by atoms with E-state index >= 15 is 4.39 Å². The van der Waals surface area contributed by atoms with E-state index in [1.165, 1.54) is 7.11 Å². The molecular formula is C25H34FN7O4. The lowest BCUT2D eigenvalue weighted by molar-refractivity contribution is 0.0493. The van der Waals surface area contributed by atoms with Gasteiger partial charge in [-0.05, 0) is 58.9 Å². The number of rotatable bonds is 9. The third-order valence-corrected chi connectivity index (χ3v) is 5.56. The highest BCUT2D eigenvalue weighted by Crippen LogP contribution is 2.27. The number of methoxy groups -OCH3 is 1. The summed E-state index contributed by atoms with van der Waals surface area (Å²) in [7, 11) is 3.33. The van der Waals surface area contributed by atoms with E-state index in [1.807, 2.05) is 26.1 Å². The SMILES string of the molecule is COC[C@@H](Nc1nc(Nc2ccc3c(c2)c(C)nn3C)c(C(N)=O)cc1F)[C@H](C)NC(=O)OC(C)(C)C. The van der Waals surface area contributed by atoms with Crippen LogP contribution in [0.5, 0.6) is 0 Å². The molecule has 2 atom stereocenters. The summed E-state index contributed by atoms with van der Waals surface area (Å²) in [5, 5.41) is 14.1. The Balaban J connectivity index is 1.90. The van der Waals surface area contributed by atoms with Crippen molar-refractivity contribution in [3.8, 4) is 0 Å². The van der Waals surface area contributed by atoms with Gasteiger partial charge in [0.05, 0.1) is 35.5 Å². The molecule has 0 aliphatic carbocycles. The highest BCUT2D eigenvalue weighted by molar-refractivity contribution is 5.99. The summed E-state index contributed by atoms with van der Waals surface area (Å²) in [4.78, 5) is 28.6. The smallest absolute Gasteiger partial charge is 0.407 e. The quantitative estimate of drug-likeness (QED) is 0.338. The van der Waals surface area contributed by atoms with E-state index in [2.05, 4.69) is 26.0 Å². The molecule has 11 nitrogen and oxygen atoms in total. The summed E-state index contributed by atoms with van der Waals surface area (Å²) in [6.07, 6.45) is -0.621. The van der Waals surface area contributed by atoms with Gasteiger partial charge in [-0.3, -0.25) is 9.48 Å². The first kappa shape index (κ1) is 27.7. The molecule has 2 aromatic heterocycles. The Morgan fingerprint density at radius 3 is 2.54 bits per heavy atom. The molecule has 0 unspecified atom stereocenters. The van der Waals surface area contributed by atoms with E-state index in [-0.39, 0.29) is 23.8 Å². The fraction of sp³-hybridized carbons (Fsp3) is 0.440. The lowest BCUT2D eigenvalue weighted by Crippen LogP contribution is -2.48. The molecule has 3 rings (SSSR count). The van der Waals surface area contributed by atoms with Crippen LogP contribution in [0.25, 0.3) is 10.9 Å². The monoisotopic (exact) mass is 515 g/mol. The van der Waals surface area contributed by atoms with E-state index in [4.69, 9.17) is 15.2 Å². The molecule has 0 bridgehead atoms. The van der Waals surface area contributed by atoms with Crippen LogP contribution in [-0.4, -0.2) is 58.2 Å². The Hall–Kier alpha value is -3.93. The Labute approximate surface area is 214 Å². The molecule has 0 radical (unpaired) electrons. The van der Waals surface area contributed by atoms with Crippen molar-refractivity contribution in [3.63, 3.8) is 0 Å². The molecule has 3 aromatic rings. The number of aromatic nitrogens is 3. The van der Waals surface area contributed by atoms with Gasteiger partial charge in [0, 0.05) is 25.2 Å².